The molecule has 1 aliphatic rings. The van der Waals surface area contributed by atoms with Crippen molar-refractivity contribution in [1.82, 2.24) is 0 Å². The van der Waals surface area contributed by atoms with Crippen molar-refractivity contribution in [3.63, 3.8) is 0 Å². The van der Waals surface area contributed by atoms with Crippen LogP contribution < -0.4 is 0 Å². The average molecular weight is 234 g/mol. The summed E-state index contributed by atoms with van der Waals surface area (Å²) in [5.74, 6) is 0.171. The van der Waals surface area contributed by atoms with E-state index in [-0.39, 0.29) is 11.9 Å². The molecule has 1 atom stereocenters. The Bertz CT molecular complexity index is 407. The third kappa shape index (κ3) is 2.42. The maximum atomic E-state index is 12.2. The summed E-state index contributed by atoms with van der Waals surface area (Å²) in [5.41, 5.74) is 2.03. The number of aryl methyl sites for hydroxylation is 1. The van der Waals surface area contributed by atoms with Crippen molar-refractivity contribution in [1.29, 1.82) is 0 Å². The summed E-state index contributed by atoms with van der Waals surface area (Å²) < 4.78 is 5.94. The Morgan fingerprint density at radius 3 is 2.62 bits per heavy atom. The largest absolute Gasteiger partial charge is 0.407 e. The van der Waals surface area contributed by atoms with Crippen molar-refractivity contribution in [3.05, 3.63) is 35.4 Å². The average Bonchev–Trinajstić information content (AvgIpc) is 2.21. The summed E-state index contributed by atoms with van der Waals surface area (Å²) in [7, 11) is -1.63. The molecule has 0 aromatic heterocycles. The Kier molecular flexibility index (Phi) is 2.99. The molecule has 0 heterocycles. The number of Topliss-reactive ketones (excluding diaryl/α,β-unsaturated/α-hetero) is 1. The standard InChI is InChI=1S/C13H18O2Si/c1-16(2,3)15-12-9-8-10-6-4-5-7-11(10)13(12)14/h4-7,12H,8-9H2,1-3H3. The second kappa shape index (κ2) is 4.15. The third-order valence-corrected chi connectivity index (χ3v) is 3.74. The summed E-state index contributed by atoms with van der Waals surface area (Å²) in [4.78, 5) is 12.2. The van der Waals surface area contributed by atoms with Crippen molar-refractivity contribution in [2.45, 2.75) is 38.6 Å². The lowest BCUT2D eigenvalue weighted by Gasteiger charge is -2.29. The topological polar surface area (TPSA) is 26.3 Å². The van der Waals surface area contributed by atoms with Crippen molar-refractivity contribution in [2.75, 3.05) is 0 Å². The molecule has 0 saturated heterocycles. The Hall–Kier alpha value is -0.933. The number of carbonyl (C=O) groups excluding carboxylic acids is 1. The molecule has 16 heavy (non-hydrogen) atoms. The molecule has 1 unspecified atom stereocenters. The Morgan fingerprint density at radius 2 is 1.94 bits per heavy atom. The first-order valence-corrected chi connectivity index (χ1v) is 9.18. The fourth-order valence-corrected chi connectivity index (χ4v) is 3.19. The molecule has 0 aliphatic heterocycles. The fraction of sp³-hybridized carbons (Fsp3) is 0.462. The summed E-state index contributed by atoms with van der Waals surface area (Å²) >= 11 is 0. The number of ketones is 1. The monoisotopic (exact) mass is 234 g/mol. The second-order valence-electron chi connectivity index (χ2n) is 5.28. The van der Waals surface area contributed by atoms with Gasteiger partial charge in [-0.1, -0.05) is 24.3 Å². The molecule has 2 nitrogen and oxygen atoms in total. The highest BCUT2D eigenvalue weighted by Crippen LogP contribution is 2.25. The van der Waals surface area contributed by atoms with Crippen molar-refractivity contribution < 1.29 is 9.22 Å². The molecule has 3 heteroatoms. The maximum absolute atomic E-state index is 12.2. The van der Waals surface area contributed by atoms with E-state index < -0.39 is 8.32 Å². The van der Waals surface area contributed by atoms with Crippen LogP contribution in [0.3, 0.4) is 0 Å². The van der Waals surface area contributed by atoms with Crippen LogP contribution in [-0.2, 0) is 10.8 Å². The molecule has 0 amide bonds. The van der Waals surface area contributed by atoms with Gasteiger partial charge in [-0.05, 0) is 38.0 Å². The molecular weight excluding hydrogens is 216 g/mol. The predicted molar refractivity (Wildman–Crippen MR) is 67.3 cm³/mol. The van der Waals surface area contributed by atoms with Crippen molar-refractivity contribution in [2.24, 2.45) is 0 Å². The van der Waals surface area contributed by atoms with E-state index in [0.29, 0.717) is 0 Å². The molecule has 1 aromatic carbocycles. The zero-order valence-electron chi connectivity index (χ0n) is 10.1. The quantitative estimate of drug-likeness (QED) is 0.735. The lowest BCUT2D eigenvalue weighted by Crippen LogP contribution is -2.39. The maximum Gasteiger partial charge on any atom is 0.190 e. The number of benzene rings is 1. The van der Waals surface area contributed by atoms with Gasteiger partial charge in [0.2, 0.25) is 0 Å². The molecule has 0 bridgehead atoms. The number of hydrogen-bond acceptors (Lipinski definition) is 2. The number of fused-ring (bicyclic) bond motifs is 1. The van der Waals surface area contributed by atoms with E-state index in [4.69, 9.17) is 4.43 Å². The SMILES string of the molecule is C[Si](C)(C)OC1CCc2ccccc2C1=O. The predicted octanol–water partition coefficient (Wildman–Crippen LogP) is 3.04. The van der Waals surface area contributed by atoms with Crippen LogP contribution in [0.4, 0.5) is 0 Å². The van der Waals surface area contributed by atoms with E-state index in [1.807, 2.05) is 24.3 Å². The van der Waals surface area contributed by atoms with Gasteiger partial charge in [-0.3, -0.25) is 4.79 Å². The number of carbonyl (C=O) groups is 1. The Morgan fingerprint density at radius 1 is 1.25 bits per heavy atom. The van der Waals surface area contributed by atoms with Crippen LogP contribution in [0.1, 0.15) is 22.3 Å². The molecular formula is C13H18O2Si. The molecule has 2 rings (SSSR count). The Labute approximate surface area is 97.8 Å². The lowest BCUT2D eigenvalue weighted by atomic mass is 9.89. The van der Waals surface area contributed by atoms with Crippen molar-refractivity contribution >= 4 is 14.1 Å². The summed E-state index contributed by atoms with van der Waals surface area (Å²) in [6.45, 7) is 6.38. The van der Waals surface area contributed by atoms with Crippen LogP contribution >= 0.6 is 0 Å². The lowest BCUT2D eigenvalue weighted by molar-refractivity contribution is 0.0748. The van der Waals surface area contributed by atoms with E-state index in [2.05, 4.69) is 19.6 Å². The van der Waals surface area contributed by atoms with Crippen LogP contribution in [0.5, 0.6) is 0 Å². The van der Waals surface area contributed by atoms with Crippen LogP contribution in [-0.4, -0.2) is 20.2 Å². The molecule has 1 aromatic rings. The van der Waals surface area contributed by atoms with E-state index in [9.17, 15) is 4.79 Å². The highest BCUT2D eigenvalue weighted by atomic mass is 28.4. The molecule has 86 valence electrons. The minimum atomic E-state index is -1.63. The smallest absolute Gasteiger partial charge is 0.190 e. The molecule has 0 saturated carbocycles. The van der Waals surface area contributed by atoms with Gasteiger partial charge in [0.15, 0.2) is 14.1 Å². The first-order valence-electron chi connectivity index (χ1n) is 5.77. The molecule has 0 spiro atoms. The summed E-state index contributed by atoms with van der Waals surface area (Å²) in [5, 5.41) is 0. The van der Waals surface area contributed by atoms with Gasteiger partial charge in [-0.2, -0.15) is 0 Å². The van der Waals surface area contributed by atoms with Crippen LogP contribution in [0, 0.1) is 0 Å². The van der Waals surface area contributed by atoms with Gasteiger partial charge in [-0.15, -0.1) is 0 Å². The molecule has 0 radical (unpaired) electrons. The minimum absolute atomic E-state index is 0.171. The van der Waals surface area contributed by atoms with Crippen molar-refractivity contribution in [3.8, 4) is 0 Å². The zero-order chi connectivity index (χ0) is 11.8. The first-order chi connectivity index (χ1) is 7.47. The zero-order valence-corrected chi connectivity index (χ0v) is 11.1. The minimum Gasteiger partial charge on any atom is -0.407 e. The van der Waals surface area contributed by atoms with E-state index in [1.54, 1.807) is 0 Å². The number of rotatable bonds is 2. The van der Waals surface area contributed by atoms with Gasteiger partial charge in [0, 0.05) is 5.56 Å². The van der Waals surface area contributed by atoms with E-state index >= 15 is 0 Å². The van der Waals surface area contributed by atoms with Gasteiger partial charge in [-0.25, -0.2) is 0 Å². The molecule has 0 fully saturated rings. The Balaban J connectivity index is 2.22. The summed E-state index contributed by atoms with van der Waals surface area (Å²) in [6, 6.07) is 7.87. The van der Waals surface area contributed by atoms with Gasteiger partial charge < -0.3 is 4.43 Å². The van der Waals surface area contributed by atoms with Gasteiger partial charge >= 0.3 is 0 Å². The van der Waals surface area contributed by atoms with Gasteiger partial charge in [0.05, 0.1) is 0 Å². The van der Waals surface area contributed by atoms with Gasteiger partial charge in [0.1, 0.15) is 6.10 Å². The highest BCUT2D eigenvalue weighted by Gasteiger charge is 2.31. The summed E-state index contributed by atoms with van der Waals surface area (Å²) in [6.07, 6.45) is 1.58. The second-order valence-corrected chi connectivity index (χ2v) is 9.74. The highest BCUT2D eigenvalue weighted by molar-refractivity contribution is 6.69. The fourth-order valence-electron chi connectivity index (χ4n) is 2.11. The third-order valence-electron chi connectivity index (χ3n) is 2.75. The normalized spacial score (nSPS) is 20.7. The molecule has 1 aliphatic carbocycles. The van der Waals surface area contributed by atoms with Crippen LogP contribution in [0.25, 0.3) is 0 Å². The first kappa shape index (κ1) is 11.5. The van der Waals surface area contributed by atoms with Gasteiger partial charge in [0.25, 0.3) is 0 Å². The van der Waals surface area contributed by atoms with E-state index in [0.717, 1.165) is 18.4 Å². The van der Waals surface area contributed by atoms with E-state index in [1.165, 1.54) is 5.56 Å². The number of hydrogen-bond donors (Lipinski definition) is 0. The van der Waals surface area contributed by atoms with Crippen LogP contribution in [0.15, 0.2) is 24.3 Å². The molecule has 0 N–H and O–H groups in total. The van der Waals surface area contributed by atoms with Crippen LogP contribution in [0.2, 0.25) is 19.6 Å².